The Kier molecular flexibility index (Phi) is 11.7. The quantitative estimate of drug-likeness (QED) is 0.132. The van der Waals surface area contributed by atoms with Gasteiger partial charge in [-0.2, -0.15) is 0 Å². The monoisotopic (exact) mass is 530 g/mol. The van der Waals surface area contributed by atoms with Gasteiger partial charge in [-0.1, -0.05) is 0 Å². The van der Waals surface area contributed by atoms with Crippen molar-refractivity contribution >= 4 is 30.2 Å². The molecule has 1 rings (SSSR count). The number of non-ortho nitro benzene ring substituents is 1. The Morgan fingerprint density at radius 2 is 1.40 bits per heavy atom. The molecule has 0 radical (unpaired) electrons. The molecule has 1 aromatic rings. The molecule has 0 aliphatic rings. The van der Waals surface area contributed by atoms with Crippen LogP contribution in [0.2, 0.25) is 13.3 Å². The van der Waals surface area contributed by atoms with E-state index in [1.165, 1.54) is 6.07 Å². The van der Waals surface area contributed by atoms with Crippen molar-refractivity contribution in [2.75, 3.05) is 0 Å². The predicted molar refractivity (Wildman–Crippen MR) is 124 cm³/mol. The van der Waals surface area contributed by atoms with E-state index in [0.29, 0.717) is 11.3 Å². The number of hydrogen-bond donors (Lipinski definition) is 0. The maximum atomic E-state index is 11.9. The molecule has 170 valence electrons. The van der Waals surface area contributed by atoms with E-state index in [1.807, 2.05) is 13.8 Å². The SMILES string of the molecule is CCC[CH2][Sn]([CH2]CCC)([CH2]CCC)[O]c1c([C@@H](C)CC)cc([N+](=O)[O-])cc1[N+](=O)[O-]. The second-order valence-electron chi connectivity index (χ2n) is 8.30. The second-order valence-corrected chi connectivity index (χ2v) is 19.9. The van der Waals surface area contributed by atoms with Gasteiger partial charge in [-0.3, -0.25) is 0 Å². The summed E-state index contributed by atoms with van der Waals surface area (Å²) in [4.78, 5) is 22.3. The Hall–Kier alpha value is -1.38. The first-order valence-corrected chi connectivity index (χ1v) is 18.6. The van der Waals surface area contributed by atoms with Crippen molar-refractivity contribution in [2.45, 2.75) is 98.8 Å². The molecule has 0 saturated carbocycles. The third-order valence-corrected chi connectivity index (χ3v) is 18.6. The van der Waals surface area contributed by atoms with Gasteiger partial charge in [-0.05, 0) is 0 Å². The van der Waals surface area contributed by atoms with Crippen molar-refractivity contribution in [3.05, 3.63) is 37.9 Å². The summed E-state index contributed by atoms with van der Waals surface area (Å²) in [6.45, 7) is 10.4. The molecule has 0 fully saturated rings. The topological polar surface area (TPSA) is 95.5 Å². The molecule has 0 aromatic heterocycles. The van der Waals surface area contributed by atoms with E-state index in [0.717, 1.165) is 64.3 Å². The molecule has 1 aromatic carbocycles. The molecule has 0 bridgehead atoms. The summed E-state index contributed by atoms with van der Waals surface area (Å²) in [6.07, 6.45) is 7.16. The molecule has 0 spiro atoms. The Morgan fingerprint density at radius 1 is 0.900 bits per heavy atom. The molecular weight excluding hydrogens is 491 g/mol. The standard InChI is InChI=1S/C10H12N2O5.3C4H9.Sn/c1-3-6(2)8-4-7(11(14)15)5-9(10(8)13)12(16)17;3*1-3-4-2;/h4-6,13H,3H2,1-2H3;3*1,3-4H2,2H3;/q;;;;+1/p-1/t6-;;;;/m0..../s1. The van der Waals surface area contributed by atoms with Crippen molar-refractivity contribution in [3.8, 4) is 5.75 Å². The molecule has 8 heteroatoms. The molecule has 0 aliphatic carbocycles. The van der Waals surface area contributed by atoms with E-state index in [9.17, 15) is 20.2 Å². The van der Waals surface area contributed by atoms with E-state index in [2.05, 4.69) is 20.8 Å². The van der Waals surface area contributed by atoms with Gasteiger partial charge in [0.05, 0.1) is 0 Å². The van der Waals surface area contributed by atoms with Crippen LogP contribution in [-0.2, 0) is 0 Å². The van der Waals surface area contributed by atoms with Gasteiger partial charge in [0.15, 0.2) is 0 Å². The van der Waals surface area contributed by atoms with E-state index < -0.39 is 28.6 Å². The minimum atomic E-state index is -3.21. The Labute approximate surface area is 185 Å². The van der Waals surface area contributed by atoms with Crippen LogP contribution in [0.15, 0.2) is 12.1 Å². The zero-order valence-electron chi connectivity index (χ0n) is 19.2. The Balaban J connectivity index is 3.63. The second kappa shape index (κ2) is 13.1. The Morgan fingerprint density at radius 3 is 1.77 bits per heavy atom. The minimum absolute atomic E-state index is 0.0499. The fraction of sp³-hybridized carbons (Fsp3) is 0.727. The number of benzene rings is 1. The molecule has 0 amide bonds. The zero-order valence-corrected chi connectivity index (χ0v) is 22.1. The molecule has 0 unspecified atom stereocenters. The first kappa shape index (κ1) is 26.7. The summed E-state index contributed by atoms with van der Waals surface area (Å²) < 4.78 is 9.96. The first-order valence-electron chi connectivity index (χ1n) is 11.4. The maximum absolute atomic E-state index is 11.9. The van der Waals surface area contributed by atoms with E-state index >= 15 is 0 Å². The van der Waals surface area contributed by atoms with E-state index in [1.54, 1.807) is 0 Å². The predicted octanol–water partition coefficient (Wildman–Crippen LogP) is 7.74. The van der Waals surface area contributed by atoms with Crippen LogP contribution in [-0.4, -0.2) is 28.6 Å². The summed E-state index contributed by atoms with van der Waals surface area (Å²) in [6, 6.07) is 2.57. The van der Waals surface area contributed by atoms with Crippen LogP contribution in [0.25, 0.3) is 0 Å². The molecular formula is C22H38N2O5Sn. The van der Waals surface area contributed by atoms with Crippen LogP contribution in [0.3, 0.4) is 0 Å². The number of nitrogens with zero attached hydrogens (tertiary/aromatic N) is 2. The van der Waals surface area contributed by atoms with E-state index in [-0.39, 0.29) is 17.3 Å². The fourth-order valence-corrected chi connectivity index (χ4v) is 17.2. The first-order chi connectivity index (χ1) is 14.2. The van der Waals surface area contributed by atoms with Gasteiger partial charge < -0.3 is 0 Å². The summed E-state index contributed by atoms with van der Waals surface area (Å²) >= 11 is -3.21. The molecule has 0 N–H and O–H groups in total. The van der Waals surface area contributed by atoms with Crippen LogP contribution in [0.4, 0.5) is 11.4 Å². The van der Waals surface area contributed by atoms with Gasteiger partial charge in [-0.15, -0.1) is 0 Å². The zero-order chi connectivity index (χ0) is 22.7. The van der Waals surface area contributed by atoms with Gasteiger partial charge in [0.1, 0.15) is 0 Å². The van der Waals surface area contributed by atoms with Crippen molar-refractivity contribution in [1.29, 1.82) is 0 Å². The number of nitro benzene ring substituents is 2. The van der Waals surface area contributed by atoms with Gasteiger partial charge >= 0.3 is 186 Å². The molecule has 0 heterocycles. The molecule has 1 atom stereocenters. The third-order valence-electron chi connectivity index (χ3n) is 5.91. The summed E-state index contributed by atoms with van der Waals surface area (Å²) in [5.74, 6) is 0.269. The normalized spacial score (nSPS) is 12.6. The summed E-state index contributed by atoms with van der Waals surface area (Å²) in [5, 5.41) is 23.3. The Bertz CT molecular complexity index is 689. The average molecular weight is 529 g/mol. The van der Waals surface area contributed by atoms with Crippen molar-refractivity contribution < 1.29 is 12.9 Å². The van der Waals surface area contributed by atoms with Crippen LogP contribution in [0.1, 0.15) is 91.0 Å². The summed E-state index contributed by atoms with van der Waals surface area (Å²) in [5.41, 5.74) is 0.134. The van der Waals surface area contributed by atoms with Gasteiger partial charge in [0.2, 0.25) is 0 Å². The number of hydrogen-bond acceptors (Lipinski definition) is 5. The average Bonchev–Trinajstić information content (AvgIpc) is 2.73. The van der Waals surface area contributed by atoms with Gasteiger partial charge in [-0.25, -0.2) is 0 Å². The fourth-order valence-electron chi connectivity index (χ4n) is 3.80. The van der Waals surface area contributed by atoms with Gasteiger partial charge in [0.25, 0.3) is 0 Å². The number of nitro groups is 2. The van der Waals surface area contributed by atoms with Crippen molar-refractivity contribution in [2.24, 2.45) is 0 Å². The van der Waals surface area contributed by atoms with Crippen LogP contribution < -0.4 is 3.07 Å². The summed E-state index contributed by atoms with van der Waals surface area (Å²) in [7, 11) is 0. The third kappa shape index (κ3) is 7.39. The number of unbranched alkanes of at least 4 members (excludes halogenated alkanes) is 3. The molecule has 0 saturated heterocycles. The van der Waals surface area contributed by atoms with Gasteiger partial charge in [0, 0.05) is 0 Å². The molecule has 30 heavy (non-hydrogen) atoms. The molecule has 0 aliphatic heterocycles. The van der Waals surface area contributed by atoms with Crippen molar-refractivity contribution in [1.82, 2.24) is 0 Å². The van der Waals surface area contributed by atoms with E-state index in [4.69, 9.17) is 3.07 Å². The van der Waals surface area contributed by atoms with Crippen LogP contribution in [0.5, 0.6) is 5.75 Å². The molecule has 7 nitrogen and oxygen atoms in total. The van der Waals surface area contributed by atoms with Crippen LogP contribution in [0, 0.1) is 20.2 Å². The van der Waals surface area contributed by atoms with Crippen molar-refractivity contribution in [3.63, 3.8) is 0 Å². The number of rotatable bonds is 15. The van der Waals surface area contributed by atoms with Crippen LogP contribution >= 0.6 is 0 Å².